The Balaban J connectivity index is 0.000000528. The molecule has 0 N–H and O–H groups in total. The summed E-state index contributed by atoms with van der Waals surface area (Å²) in [5, 5.41) is 0. The number of hydrogen-bond donors (Lipinski definition) is 0. The Morgan fingerprint density at radius 3 is 1.86 bits per heavy atom. The Hall–Kier alpha value is -0.780. The minimum Gasteiger partial charge on any atom is -0.444 e. The van der Waals surface area contributed by atoms with Crippen LogP contribution in [0.1, 0.15) is 33.6 Å². The molecule has 1 fully saturated rings. The highest BCUT2D eigenvalue weighted by Crippen LogP contribution is 2.56. The van der Waals surface area contributed by atoms with Crippen molar-refractivity contribution < 1.29 is 35.1 Å². The summed E-state index contributed by atoms with van der Waals surface area (Å²) >= 11 is -5.14. The van der Waals surface area contributed by atoms with Crippen molar-refractivity contribution >= 4 is 17.5 Å². The van der Waals surface area contributed by atoms with E-state index in [1.54, 1.807) is 4.90 Å². The fourth-order valence-electron chi connectivity index (χ4n) is 2.30. The van der Waals surface area contributed by atoms with Crippen molar-refractivity contribution in [3.63, 3.8) is 0 Å². The molecule has 1 amide bonds. The monoisotopic (exact) mass is 438 g/mol. The summed E-state index contributed by atoms with van der Waals surface area (Å²) < 4.78 is 64.0. The zero-order valence-corrected chi connectivity index (χ0v) is 18.2. The van der Waals surface area contributed by atoms with Gasteiger partial charge in [-0.2, -0.15) is 4.31 Å². The number of alkyl halides is 1. The van der Waals surface area contributed by atoms with Crippen molar-refractivity contribution in [2.45, 2.75) is 39.2 Å². The van der Waals surface area contributed by atoms with Gasteiger partial charge in [-0.15, -0.1) is 11.7 Å². The van der Waals surface area contributed by atoms with E-state index >= 15 is 0 Å². The molecule has 0 spiro atoms. The topological polar surface area (TPSA) is 51.2 Å². The number of rotatable bonds is 8. The van der Waals surface area contributed by atoms with Crippen molar-refractivity contribution in [1.29, 1.82) is 0 Å². The van der Waals surface area contributed by atoms with Gasteiger partial charge in [-0.05, 0) is 39.5 Å². The molecular weight excluding hydrogens is 404 g/mol. The smallest absolute Gasteiger partial charge is 0.410 e. The van der Waals surface area contributed by atoms with Gasteiger partial charge < -0.3 is 19.1 Å². The van der Waals surface area contributed by atoms with E-state index in [9.17, 15) is 20.8 Å². The molecule has 0 aromatic heterocycles. The number of piperidine rings is 1. The van der Waals surface area contributed by atoms with E-state index in [1.807, 2.05) is 20.8 Å². The predicted octanol–water partition coefficient (Wildman–Crippen LogP) is 4.56. The lowest BCUT2D eigenvalue weighted by Crippen LogP contribution is -2.42. The van der Waals surface area contributed by atoms with Crippen LogP contribution in [0.4, 0.5) is 20.8 Å². The van der Waals surface area contributed by atoms with Gasteiger partial charge in [0.15, 0.2) is 0 Å². The first-order valence-electron chi connectivity index (χ1n) is 9.13. The fourth-order valence-corrected chi connectivity index (χ4v) is 2.86. The van der Waals surface area contributed by atoms with Gasteiger partial charge in [0.2, 0.25) is 0 Å². The van der Waals surface area contributed by atoms with Crippen LogP contribution in [0.3, 0.4) is 0 Å². The van der Waals surface area contributed by atoms with Crippen LogP contribution in [0, 0.1) is 5.92 Å². The van der Waals surface area contributed by atoms with Gasteiger partial charge in [0, 0.05) is 40.4 Å². The third-order valence-electron chi connectivity index (χ3n) is 3.87. The molecule has 0 atom stereocenters. The third-order valence-corrected chi connectivity index (χ3v) is 4.82. The van der Waals surface area contributed by atoms with Crippen molar-refractivity contribution in [2.75, 3.05) is 60.3 Å². The Bertz CT molecular complexity index is 420. The molecular formula is C17H34F4N2O4S. The molecule has 28 heavy (non-hydrogen) atoms. The zero-order valence-electron chi connectivity index (χ0n) is 17.4. The van der Waals surface area contributed by atoms with E-state index in [4.69, 9.17) is 4.74 Å². The van der Waals surface area contributed by atoms with Gasteiger partial charge in [0.05, 0.1) is 19.9 Å². The number of carbonyl (C=O) groups excluding carboxylic acids is 1. The molecule has 0 unspecified atom stereocenters. The van der Waals surface area contributed by atoms with Crippen molar-refractivity contribution in [3.05, 3.63) is 0 Å². The number of carbonyl (C=O) groups is 1. The van der Waals surface area contributed by atoms with Crippen molar-refractivity contribution in [2.24, 2.45) is 5.92 Å². The molecule has 6 nitrogen and oxygen atoms in total. The van der Waals surface area contributed by atoms with E-state index in [2.05, 4.69) is 9.47 Å². The summed E-state index contributed by atoms with van der Waals surface area (Å²) in [7, 11) is 2.75. The molecule has 1 aliphatic rings. The molecule has 1 heterocycles. The second kappa shape index (κ2) is 13.4. The van der Waals surface area contributed by atoms with Gasteiger partial charge >= 0.3 is 6.09 Å². The Kier molecular flexibility index (Phi) is 13.1. The lowest BCUT2D eigenvalue weighted by atomic mass is 9.99. The second-order valence-corrected chi connectivity index (χ2v) is 8.64. The molecule has 0 saturated carbocycles. The van der Waals surface area contributed by atoms with E-state index in [0.717, 1.165) is 12.8 Å². The number of halogens is 4. The van der Waals surface area contributed by atoms with E-state index in [-0.39, 0.29) is 45.0 Å². The Morgan fingerprint density at radius 1 is 1.07 bits per heavy atom. The lowest BCUT2D eigenvalue weighted by Gasteiger charge is -2.32. The summed E-state index contributed by atoms with van der Waals surface area (Å²) in [6, 6.07) is 0. The first-order chi connectivity index (χ1) is 12.9. The molecule has 0 aromatic carbocycles. The molecule has 11 heteroatoms. The largest absolute Gasteiger partial charge is 0.444 e. The quantitative estimate of drug-likeness (QED) is 0.520. The number of likely N-dealkylation sites (tertiary alicyclic amines) is 1. The molecule has 0 aromatic rings. The molecule has 0 aliphatic carbocycles. The average molecular weight is 439 g/mol. The molecule has 0 bridgehead atoms. The number of hydrogen-bond acceptors (Lipinski definition) is 5. The normalized spacial score (nSPS) is 16.6. The van der Waals surface area contributed by atoms with Gasteiger partial charge in [0.1, 0.15) is 5.60 Å². The van der Waals surface area contributed by atoms with Crippen LogP contribution in [0.25, 0.3) is 0 Å². The number of nitrogens with zero attached hydrogens (tertiary/aromatic N) is 2. The maximum absolute atomic E-state index is 12.3. The number of ether oxygens (including phenoxy) is 3. The lowest BCUT2D eigenvalue weighted by molar-refractivity contribution is 0.0175. The molecule has 0 radical (unpaired) electrons. The summed E-state index contributed by atoms with van der Waals surface area (Å²) in [5.41, 5.74) is -0.450. The van der Waals surface area contributed by atoms with Crippen LogP contribution < -0.4 is 0 Å². The highest BCUT2D eigenvalue weighted by Gasteiger charge is 2.30. The van der Waals surface area contributed by atoms with Crippen LogP contribution in [0.2, 0.25) is 0 Å². The summed E-state index contributed by atoms with van der Waals surface area (Å²) in [6.45, 7) is 6.40. The fraction of sp³-hybridized carbons (Fsp3) is 0.941. The average Bonchev–Trinajstić information content (AvgIpc) is 2.60. The molecule has 1 saturated heterocycles. The van der Waals surface area contributed by atoms with E-state index < -0.39 is 17.0 Å². The van der Waals surface area contributed by atoms with Gasteiger partial charge in [-0.3, -0.25) is 4.39 Å². The van der Waals surface area contributed by atoms with E-state index in [1.165, 1.54) is 14.2 Å². The Labute approximate surface area is 167 Å². The van der Waals surface area contributed by atoms with E-state index in [0.29, 0.717) is 17.4 Å². The molecule has 170 valence electrons. The minimum atomic E-state index is -5.14. The highest BCUT2D eigenvalue weighted by molar-refractivity contribution is 8.18. The van der Waals surface area contributed by atoms with Gasteiger partial charge in [-0.25, -0.2) is 4.79 Å². The standard InChI is InChI=1S/C11H20FNO2.C6H14F3NO2S/c1-11(2,3)15-10(14)13-6-4-9(8-12)5-7-13;1-11-5-3-10(4-6-12-2)13(7,8)9/h9H,4-8H2,1-3H3;3-6H2,1-2H3. The maximum Gasteiger partial charge on any atom is 0.410 e. The summed E-state index contributed by atoms with van der Waals surface area (Å²) in [5.74, 6) is 0.128. The first-order valence-corrected chi connectivity index (χ1v) is 10.4. The van der Waals surface area contributed by atoms with Crippen LogP contribution >= 0.6 is 11.4 Å². The number of methoxy groups -OCH3 is 2. The zero-order chi connectivity index (χ0) is 21.8. The Morgan fingerprint density at radius 2 is 1.54 bits per heavy atom. The SMILES string of the molecule is CC(C)(C)OC(=O)N1CCC(CF)CC1.COCCN(CCOC)S(F)(F)F. The minimum absolute atomic E-state index is 0.0796. The molecule has 1 rings (SSSR count). The van der Waals surface area contributed by atoms with Crippen molar-refractivity contribution in [1.82, 2.24) is 9.21 Å². The van der Waals surface area contributed by atoms with Crippen molar-refractivity contribution in [3.8, 4) is 0 Å². The molecule has 1 aliphatic heterocycles. The predicted molar refractivity (Wildman–Crippen MR) is 103 cm³/mol. The van der Waals surface area contributed by atoms with Gasteiger partial charge in [-0.1, -0.05) is 0 Å². The van der Waals surface area contributed by atoms with Gasteiger partial charge in [0.25, 0.3) is 11.4 Å². The summed E-state index contributed by atoms with van der Waals surface area (Å²) in [6.07, 6.45) is 1.21. The van der Waals surface area contributed by atoms with Crippen LogP contribution in [-0.2, 0) is 14.2 Å². The highest BCUT2D eigenvalue weighted by atomic mass is 32.3. The number of amides is 1. The van der Waals surface area contributed by atoms with Crippen LogP contribution in [0.15, 0.2) is 0 Å². The van der Waals surface area contributed by atoms with Crippen LogP contribution in [-0.4, -0.2) is 81.2 Å². The first kappa shape index (κ1) is 27.2. The second-order valence-electron chi connectivity index (χ2n) is 7.36. The summed E-state index contributed by atoms with van der Waals surface area (Å²) in [4.78, 5) is 13.3. The maximum atomic E-state index is 12.3. The van der Waals surface area contributed by atoms with Crippen LogP contribution in [0.5, 0.6) is 0 Å². The third kappa shape index (κ3) is 12.6.